The summed E-state index contributed by atoms with van der Waals surface area (Å²) in [6, 6.07) is 11.3. The number of nitrogens with one attached hydrogen (secondary N) is 1. The minimum atomic E-state index is -0.769. The molecule has 0 saturated heterocycles. The third-order valence-corrected chi connectivity index (χ3v) is 4.78. The Labute approximate surface area is 170 Å². The number of halogens is 2. The van der Waals surface area contributed by atoms with Crippen molar-refractivity contribution >= 4 is 36.5 Å². The van der Waals surface area contributed by atoms with Gasteiger partial charge >= 0.3 is 0 Å². The van der Waals surface area contributed by atoms with Gasteiger partial charge in [-0.3, -0.25) is 4.79 Å². The number of fused-ring (bicyclic) bond motifs is 1. The van der Waals surface area contributed by atoms with Crippen LogP contribution in [0.3, 0.4) is 0 Å². The van der Waals surface area contributed by atoms with Crippen LogP contribution in [0.2, 0.25) is 0 Å². The molecule has 4 rings (SSSR count). The third-order valence-electron chi connectivity index (χ3n) is 4.78. The van der Waals surface area contributed by atoms with Gasteiger partial charge in [-0.2, -0.15) is 0 Å². The van der Waals surface area contributed by atoms with E-state index in [1.54, 1.807) is 6.07 Å². The van der Waals surface area contributed by atoms with Crippen LogP contribution in [0.15, 0.2) is 36.4 Å². The van der Waals surface area contributed by atoms with E-state index >= 15 is 0 Å². The van der Waals surface area contributed by atoms with Gasteiger partial charge in [-0.25, -0.2) is 4.98 Å². The van der Waals surface area contributed by atoms with Crippen molar-refractivity contribution in [2.75, 3.05) is 18.5 Å². The first-order valence-electron chi connectivity index (χ1n) is 8.61. The molecule has 146 valence electrons. The molecule has 0 radical (unpaired) electrons. The minimum Gasteiger partial charge on any atom is -0.486 e. The highest BCUT2D eigenvalue weighted by atomic mass is 35.5. The van der Waals surface area contributed by atoms with Crippen LogP contribution in [-0.4, -0.2) is 29.6 Å². The van der Waals surface area contributed by atoms with E-state index in [0.29, 0.717) is 24.8 Å². The van der Waals surface area contributed by atoms with E-state index in [1.165, 1.54) is 0 Å². The number of ether oxygens (including phenoxy) is 2. The van der Waals surface area contributed by atoms with Crippen molar-refractivity contribution in [2.45, 2.75) is 31.2 Å². The summed E-state index contributed by atoms with van der Waals surface area (Å²) in [6.07, 6.45) is 3.44. The maximum Gasteiger partial charge on any atom is 0.245 e. The Morgan fingerprint density at radius 3 is 2.48 bits per heavy atom. The first-order valence-corrected chi connectivity index (χ1v) is 8.61. The standard InChI is InChI=1S/C19H21N3O3.2ClH/c20-19(8-1-2-9-19)18(23)22-17-5-3-4-14(21-17)13-6-7-15-16(12-13)25-11-10-24-15;;/h3-7,12H,1-2,8-11,20H2,(H,21,22,23);2*1H. The van der Waals surface area contributed by atoms with Gasteiger partial charge in [-0.1, -0.05) is 18.9 Å². The number of anilines is 1. The zero-order valence-electron chi connectivity index (χ0n) is 14.8. The summed E-state index contributed by atoms with van der Waals surface area (Å²) in [6.45, 7) is 1.10. The Kier molecular flexibility index (Phi) is 6.92. The fourth-order valence-electron chi connectivity index (χ4n) is 3.34. The molecule has 8 heteroatoms. The average Bonchev–Trinajstić information content (AvgIpc) is 3.09. The third kappa shape index (κ3) is 4.46. The van der Waals surface area contributed by atoms with Crippen LogP contribution < -0.4 is 20.5 Å². The van der Waals surface area contributed by atoms with Crippen molar-refractivity contribution < 1.29 is 14.3 Å². The second-order valence-corrected chi connectivity index (χ2v) is 6.58. The van der Waals surface area contributed by atoms with Gasteiger partial charge in [0.1, 0.15) is 19.0 Å². The molecular formula is C19H23Cl2N3O3. The molecule has 0 bridgehead atoms. The number of carbonyl (C=O) groups is 1. The summed E-state index contributed by atoms with van der Waals surface area (Å²) >= 11 is 0. The summed E-state index contributed by atoms with van der Waals surface area (Å²) in [5, 5.41) is 2.87. The van der Waals surface area contributed by atoms with Crippen molar-refractivity contribution in [2.24, 2.45) is 5.73 Å². The molecule has 3 N–H and O–H groups in total. The lowest BCUT2D eigenvalue weighted by Gasteiger charge is -2.22. The molecule has 2 aromatic rings. The van der Waals surface area contributed by atoms with Crippen LogP contribution in [-0.2, 0) is 4.79 Å². The lowest BCUT2D eigenvalue weighted by molar-refractivity contribution is -0.121. The van der Waals surface area contributed by atoms with Gasteiger partial charge < -0.3 is 20.5 Å². The van der Waals surface area contributed by atoms with Crippen LogP contribution in [0.25, 0.3) is 11.3 Å². The van der Waals surface area contributed by atoms with Crippen LogP contribution >= 0.6 is 24.8 Å². The minimum absolute atomic E-state index is 0. The van der Waals surface area contributed by atoms with Gasteiger partial charge in [-0.15, -0.1) is 24.8 Å². The van der Waals surface area contributed by atoms with Crippen molar-refractivity contribution in [3.05, 3.63) is 36.4 Å². The van der Waals surface area contributed by atoms with Crippen molar-refractivity contribution in [1.82, 2.24) is 4.98 Å². The van der Waals surface area contributed by atoms with E-state index in [4.69, 9.17) is 15.2 Å². The Hall–Kier alpha value is -2.02. The first kappa shape index (κ1) is 21.3. The first-order chi connectivity index (χ1) is 12.1. The SMILES string of the molecule is Cl.Cl.NC1(C(=O)Nc2cccc(-c3ccc4c(c3)OCCO4)n2)CCCC1. The second kappa shape index (κ2) is 8.78. The number of hydrogen-bond donors (Lipinski definition) is 2. The molecular weight excluding hydrogens is 389 g/mol. The quantitative estimate of drug-likeness (QED) is 0.805. The van der Waals surface area contributed by atoms with E-state index in [9.17, 15) is 4.79 Å². The van der Waals surface area contributed by atoms with Crippen LogP contribution in [0.5, 0.6) is 11.5 Å². The summed E-state index contributed by atoms with van der Waals surface area (Å²) in [7, 11) is 0. The van der Waals surface area contributed by atoms with E-state index in [0.717, 1.165) is 42.7 Å². The summed E-state index contributed by atoms with van der Waals surface area (Å²) < 4.78 is 11.2. The van der Waals surface area contributed by atoms with E-state index in [1.807, 2.05) is 30.3 Å². The molecule has 6 nitrogen and oxygen atoms in total. The van der Waals surface area contributed by atoms with Gasteiger partial charge in [-0.05, 0) is 43.2 Å². The summed E-state index contributed by atoms with van der Waals surface area (Å²) in [5.74, 6) is 1.81. The number of nitrogens with two attached hydrogens (primary N) is 1. The van der Waals surface area contributed by atoms with Crippen LogP contribution in [0, 0.1) is 0 Å². The molecule has 0 spiro atoms. The predicted octanol–water partition coefficient (Wildman–Crippen LogP) is 3.57. The normalized spacial score (nSPS) is 16.6. The summed E-state index contributed by atoms with van der Waals surface area (Å²) in [4.78, 5) is 17.0. The van der Waals surface area contributed by atoms with Crippen LogP contribution in [0.1, 0.15) is 25.7 Å². The summed E-state index contributed by atoms with van der Waals surface area (Å²) in [5.41, 5.74) is 7.10. The Morgan fingerprint density at radius 2 is 1.74 bits per heavy atom. The highest BCUT2D eigenvalue weighted by molar-refractivity contribution is 5.97. The number of benzene rings is 1. The molecule has 1 aliphatic carbocycles. The Bertz CT molecular complexity index is 811. The van der Waals surface area contributed by atoms with E-state index < -0.39 is 5.54 Å². The van der Waals surface area contributed by atoms with Crippen molar-refractivity contribution in [3.63, 3.8) is 0 Å². The number of aromatic nitrogens is 1. The molecule has 1 saturated carbocycles. The largest absolute Gasteiger partial charge is 0.486 e. The topological polar surface area (TPSA) is 86.5 Å². The highest BCUT2D eigenvalue weighted by Crippen LogP contribution is 2.34. The number of pyridine rings is 1. The number of rotatable bonds is 3. The van der Waals surface area contributed by atoms with Gasteiger partial charge in [0.15, 0.2) is 11.5 Å². The molecule has 1 aromatic carbocycles. The van der Waals surface area contributed by atoms with Crippen LogP contribution in [0.4, 0.5) is 5.82 Å². The maximum absolute atomic E-state index is 12.5. The molecule has 1 amide bonds. The smallest absolute Gasteiger partial charge is 0.245 e. The van der Waals surface area contributed by atoms with Gasteiger partial charge in [0.25, 0.3) is 0 Å². The average molecular weight is 412 g/mol. The zero-order valence-corrected chi connectivity index (χ0v) is 16.4. The Morgan fingerprint density at radius 1 is 1.04 bits per heavy atom. The molecule has 0 unspecified atom stereocenters. The van der Waals surface area contributed by atoms with Crippen molar-refractivity contribution in [3.8, 4) is 22.8 Å². The van der Waals surface area contributed by atoms with Gasteiger partial charge in [0.2, 0.25) is 5.91 Å². The molecule has 0 atom stereocenters. The lowest BCUT2D eigenvalue weighted by Crippen LogP contribution is -2.48. The molecule has 1 aliphatic heterocycles. The Balaban J connectivity index is 0.00000131. The van der Waals surface area contributed by atoms with Gasteiger partial charge in [0, 0.05) is 5.56 Å². The molecule has 2 heterocycles. The zero-order chi connectivity index (χ0) is 17.3. The van der Waals surface area contributed by atoms with E-state index in [2.05, 4.69) is 10.3 Å². The van der Waals surface area contributed by atoms with Gasteiger partial charge in [0.05, 0.1) is 11.2 Å². The molecule has 2 aliphatic rings. The fourth-order valence-corrected chi connectivity index (χ4v) is 3.34. The highest BCUT2D eigenvalue weighted by Gasteiger charge is 2.37. The maximum atomic E-state index is 12.5. The number of carbonyl (C=O) groups excluding carboxylic acids is 1. The van der Waals surface area contributed by atoms with Crippen molar-refractivity contribution in [1.29, 1.82) is 0 Å². The monoisotopic (exact) mass is 411 g/mol. The number of hydrogen-bond acceptors (Lipinski definition) is 5. The predicted molar refractivity (Wildman–Crippen MR) is 109 cm³/mol. The fraction of sp³-hybridized carbons (Fsp3) is 0.368. The number of amides is 1. The molecule has 1 aromatic heterocycles. The number of nitrogens with zero attached hydrogens (tertiary/aromatic N) is 1. The second-order valence-electron chi connectivity index (χ2n) is 6.58. The lowest BCUT2D eigenvalue weighted by atomic mass is 9.98. The molecule has 27 heavy (non-hydrogen) atoms. The van der Waals surface area contributed by atoms with E-state index in [-0.39, 0.29) is 30.7 Å². The molecule has 1 fully saturated rings.